The Labute approximate surface area is 114 Å². The zero-order chi connectivity index (χ0) is 13.7. The van der Waals surface area contributed by atoms with E-state index in [4.69, 9.17) is 9.47 Å². The average Bonchev–Trinajstić information content (AvgIpc) is 2.90. The Hall–Kier alpha value is -2.15. The highest BCUT2D eigenvalue weighted by Gasteiger charge is 2.09. The molecule has 19 heavy (non-hydrogen) atoms. The number of hydrogen-bond acceptors (Lipinski definition) is 6. The standard InChI is InChI=1S/C12H13N3O3S/c1-8-3-4-9(10(5-8)17-2)18-6-11(16)14-12-15-13-7-19-12/h3-5,7H,6H2,1-2H3,(H,14,15,16). The molecule has 1 N–H and O–H groups in total. The third-order valence-corrected chi connectivity index (χ3v) is 2.89. The number of carbonyl (C=O) groups is 1. The van der Waals surface area contributed by atoms with E-state index in [2.05, 4.69) is 15.5 Å². The molecule has 0 saturated carbocycles. The second kappa shape index (κ2) is 6.14. The van der Waals surface area contributed by atoms with Gasteiger partial charge in [0.25, 0.3) is 5.91 Å². The fraction of sp³-hybridized carbons (Fsp3) is 0.250. The normalized spacial score (nSPS) is 10.0. The molecule has 0 fully saturated rings. The fourth-order valence-electron chi connectivity index (χ4n) is 1.42. The smallest absolute Gasteiger partial charge is 0.264 e. The number of nitrogens with one attached hydrogen (secondary N) is 1. The van der Waals surface area contributed by atoms with Gasteiger partial charge in [0.2, 0.25) is 5.13 Å². The van der Waals surface area contributed by atoms with Gasteiger partial charge in [-0.3, -0.25) is 10.1 Å². The molecule has 0 aliphatic carbocycles. The Morgan fingerprint density at radius 2 is 2.26 bits per heavy atom. The topological polar surface area (TPSA) is 73.3 Å². The summed E-state index contributed by atoms with van der Waals surface area (Å²) in [6, 6.07) is 5.50. The Morgan fingerprint density at radius 1 is 1.42 bits per heavy atom. The van der Waals surface area contributed by atoms with E-state index in [0.717, 1.165) is 5.56 Å². The van der Waals surface area contributed by atoms with Gasteiger partial charge in [0.15, 0.2) is 18.1 Å². The first-order chi connectivity index (χ1) is 9.19. The zero-order valence-electron chi connectivity index (χ0n) is 10.5. The molecule has 0 aliphatic heterocycles. The molecule has 100 valence electrons. The summed E-state index contributed by atoms with van der Waals surface area (Å²) < 4.78 is 10.6. The summed E-state index contributed by atoms with van der Waals surface area (Å²) in [5.41, 5.74) is 2.60. The highest BCUT2D eigenvalue weighted by Crippen LogP contribution is 2.27. The Morgan fingerprint density at radius 3 is 2.95 bits per heavy atom. The molecular formula is C12H13N3O3S. The number of aryl methyl sites for hydroxylation is 1. The van der Waals surface area contributed by atoms with Crippen LogP contribution in [0.25, 0.3) is 0 Å². The lowest BCUT2D eigenvalue weighted by molar-refractivity contribution is -0.118. The third-order valence-electron chi connectivity index (χ3n) is 2.28. The molecule has 1 amide bonds. The van der Waals surface area contributed by atoms with Crippen LogP contribution in [0.2, 0.25) is 0 Å². The summed E-state index contributed by atoms with van der Waals surface area (Å²) in [5, 5.41) is 10.4. The molecule has 0 radical (unpaired) electrons. The highest BCUT2D eigenvalue weighted by atomic mass is 32.1. The first kappa shape index (κ1) is 13.3. The molecule has 0 bridgehead atoms. The summed E-state index contributed by atoms with van der Waals surface area (Å²) in [5.74, 6) is 0.837. The monoisotopic (exact) mass is 279 g/mol. The molecule has 0 aliphatic rings. The van der Waals surface area contributed by atoms with Gasteiger partial charge < -0.3 is 9.47 Å². The molecule has 7 heteroatoms. The van der Waals surface area contributed by atoms with Crippen LogP contribution in [0.3, 0.4) is 0 Å². The minimum Gasteiger partial charge on any atom is -0.493 e. The summed E-state index contributed by atoms with van der Waals surface area (Å²) in [4.78, 5) is 11.6. The molecule has 1 aromatic carbocycles. The maximum atomic E-state index is 11.6. The minimum absolute atomic E-state index is 0.112. The number of aromatic nitrogens is 2. The Balaban J connectivity index is 1.93. The number of methoxy groups -OCH3 is 1. The molecule has 6 nitrogen and oxygen atoms in total. The van der Waals surface area contributed by atoms with Gasteiger partial charge in [-0.2, -0.15) is 0 Å². The first-order valence-electron chi connectivity index (χ1n) is 5.52. The van der Waals surface area contributed by atoms with E-state index in [1.165, 1.54) is 11.3 Å². The lowest BCUT2D eigenvalue weighted by atomic mass is 10.2. The van der Waals surface area contributed by atoms with Crippen molar-refractivity contribution in [3.05, 3.63) is 29.3 Å². The highest BCUT2D eigenvalue weighted by molar-refractivity contribution is 7.13. The largest absolute Gasteiger partial charge is 0.493 e. The SMILES string of the molecule is COc1cc(C)ccc1OCC(=O)Nc1nncs1. The van der Waals surface area contributed by atoms with Gasteiger partial charge in [-0.15, -0.1) is 10.2 Å². The number of hydrogen-bond donors (Lipinski definition) is 1. The molecule has 2 aromatic rings. The van der Waals surface area contributed by atoms with Crippen LogP contribution in [-0.2, 0) is 4.79 Å². The first-order valence-corrected chi connectivity index (χ1v) is 6.40. The zero-order valence-corrected chi connectivity index (χ0v) is 11.4. The third kappa shape index (κ3) is 3.65. The predicted octanol–water partition coefficient (Wildman–Crippen LogP) is 1.87. The van der Waals surface area contributed by atoms with Crippen molar-refractivity contribution in [1.29, 1.82) is 0 Å². The molecular weight excluding hydrogens is 266 g/mol. The number of nitrogens with zero attached hydrogens (tertiary/aromatic N) is 2. The fourth-order valence-corrected chi connectivity index (χ4v) is 1.88. The van der Waals surface area contributed by atoms with Crippen molar-refractivity contribution in [2.75, 3.05) is 19.0 Å². The summed E-state index contributed by atoms with van der Waals surface area (Å²) >= 11 is 1.25. The molecule has 0 spiro atoms. The predicted molar refractivity (Wildman–Crippen MR) is 71.8 cm³/mol. The van der Waals surface area contributed by atoms with Gasteiger partial charge in [-0.05, 0) is 24.6 Å². The maximum Gasteiger partial charge on any atom is 0.264 e. The van der Waals surface area contributed by atoms with Crippen LogP contribution in [0, 0.1) is 6.92 Å². The van der Waals surface area contributed by atoms with Gasteiger partial charge in [0.1, 0.15) is 5.51 Å². The van der Waals surface area contributed by atoms with Gasteiger partial charge in [-0.1, -0.05) is 17.4 Å². The van der Waals surface area contributed by atoms with Gasteiger partial charge in [0.05, 0.1) is 7.11 Å². The van der Waals surface area contributed by atoms with Crippen molar-refractivity contribution in [3.8, 4) is 11.5 Å². The molecule has 1 heterocycles. The van der Waals surface area contributed by atoms with Crippen LogP contribution < -0.4 is 14.8 Å². The Bertz CT molecular complexity index is 557. The molecule has 2 rings (SSSR count). The molecule has 1 aromatic heterocycles. The van der Waals surface area contributed by atoms with E-state index in [1.54, 1.807) is 18.7 Å². The summed E-state index contributed by atoms with van der Waals surface area (Å²) in [6.07, 6.45) is 0. The number of benzene rings is 1. The lowest BCUT2D eigenvalue weighted by Crippen LogP contribution is -2.20. The van der Waals surface area contributed by atoms with E-state index in [0.29, 0.717) is 16.6 Å². The lowest BCUT2D eigenvalue weighted by Gasteiger charge is -2.10. The van der Waals surface area contributed by atoms with Crippen LogP contribution in [0.4, 0.5) is 5.13 Å². The van der Waals surface area contributed by atoms with E-state index < -0.39 is 0 Å². The van der Waals surface area contributed by atoms with Crippen molar-refractivity contribution in [2.24, 2.45) is 0 Å². The second-order valence-corrected chi connectivity index (χ2v) is 4.57. The van der Waals surface area contributed by atoms with Crippen LogP contribution >= 0.6 is 11.3 Å². The van der Waals surface area contributed by atoms with Crippen molar-refractivity contribution in [2.45, 2.75) is 6.92 Å². The van der Waals surface area contributed by atoms with E-state index in [1.807, 2.05) is 19.1 Å². The number of amides is 1. The summed E-state index contributed by atoms with van der Waals surface area (Å²) in [6.45, 7) is 1.84. The van der Waals surface area contributed by atoms with Crippen LogP contribution in [0.15, 0.2) is 23.7 Å². The minimum atomic E-state index is -0.292. The average molecular weight is 279 g/mol. The van der Waals surface area contributed by atoms with Crippen molar-refractivity contribution in [3.63, 3.8) is 0 Å². The summed E-state index contributed by atoms with van der Waals surface area (Å²) in [7, 11) is 1.56. The van der Waals surface area contributed by atoms with Crippen LogP contribution in [0.1, 0.15) is 5.56 Å². The number of rotatable bonds is 5. The number of carbonyl (C=O) groups excluding carboxylic acids is 1. The van der Waals surface area contributed by atoms with Crippen molar-refractivity contribution < 1.29 is 14.3 Å². The number of anilines is 1. The van der Waals surface area contributed by atoms with Crippen LogP contribution in [0.5, 0.6) is 11.5 Å². The quantitative estimate of drug-likeness (QED) is 0.904. The van der Waals surface area contributed by atoms with Crippen molar-refractivity contribution >= 4 is 22.4 Å². The second-order valence-electron chi connectivity index (χ2n) is 3.74. The molecule has 0 atom stereocenters. The molecule has 0 unspecified atom stereocenters. The van der Waals surface area contributed by atoms with E-state index in [-0.39, 0.29) is 12.5 Å². The molecule has 0 saturated heterocycles. The van der Waals surface area contributed by atoms with Crippen LogP contribution in [-0.4, -0.2) is 29.8 Å². The number of ether oxygens (including phenoxy) is 2. The van der Waals surface area contributed by atoms with Crippen molar-refractivity contribution in [1.82, 2.24) is 10.2 Å². The van der Waals surface area contributed by atoms with Gasteiger partial charge in [0, 0.05) is 0 Å². The van der Waals surface area contributed by atoms with E-state index in [9.17, 15) is 4.79 Å². The van der Waals surface area contributed by atoms with Gasteiger partial charge in [-0.25, -0.2) is 0 Å². The van der Waals surface area contributed by atoms with E-state index >= 15 is 0 Å². The maximum absolute atomic E-state index is 11.6. The Kier molecular flexibility index (Phi) is 4.30. The van der Waals surface area contributed by atoms with Gasteiger partial charge >= 0.3 is 0 Å².